The smallest absolute Gasteiger partial charge is 0.170 e. The third kappa shape index (κ3) is 2.61. The molecule has 0 saturated carbocycles. The standard InChI is InChI=1S/C8H13Cl2NO/c1-11-4-2-3-6(5-11)7(12)8(9)10/h6,8H,2-5H2,1H3. The zero-order valence-corrected chi connectivity index (χ0v) is 8.61. The van der Waals surface area contributed by atoms with E-state index in [2.05, 4.69) is 4.90 Å². The van der Waals surface area contributed by atoms with E-state index in [-0.39, 0.29) is 11.7 Å². The number of ketones is 1. The predicted octanol–water partition coefficient (Wildman–Crippen LogP) is 1.70. The van der Waals surface area contributed by atoms with Gasteiger partial charge in [-0.3, -0.25) is 4.79 Å². The number of rotatable bonds is 2. The van der Waals surface area contributed by atoms with Gasteiger partial charge in [-0.1, -0.05) is 23.2 Å². The molecule has 1 saturated heterocycles. The Balaban J connectivity index is 2.46. The van der Waals surface area contributed by atoms with Crippen LogP contribution in [0.3, 0.4) is 0 Å². The summed E-state index contributed by atoms with van der Waals surface area (Å²) >= 11 is 11.0. The zero-order chi connectivity index (χ0) is 9.14. The monoisotopic (exact) mass is 209 g/mol. The van der Waals surface area contributed by atoms with Gasteiger partial charge in [0.15, 0.2) is 10.6 Å². The Labute approximate surface area is 82.8 Å². The van der Waals surface area contributed by atoms with Crippen molar-refractivity contribution >= 4 is 29.0 Å². The fourth-order valence-electron chi connectivity index (χ4n) is 1.58. The van der Waals surface area contributed by atoms with Crippen LogP contribution in [-0.4, -0.2) is 35.7 Å². The number of halogens is 2. The summed E-state index contributed by atoms with van der Waals surface area (Å²) < 4.78 is 0. The molecule has 0 spiro atoms. The predicted molar refractivity (Wildman–Crippen MR) is 50.7 cm³/mol. The van der Waals surface area contributed by atoms with Gasteiger partial charge in [-0.25, -0.2) is 0 Å². The molecular weight excluding hydrogens is 197 g/mol. The van der Waals surface area contributed by atoms with Crippen molar-refractivity contribution in [3.05, 3.63) is 0 Å². The summed E-state index contributed by atoms with van der Waals surface area (Å²) in [4.78, 5) is 12.6. The van der Waals surface area contributed by atoms with E-state index >= 15 is 0 Å². The molecule has 0 radical (unpaired) electrons. The van der Waals surface area contributed by atoms with Gasteiger partial charge < -0.3 is 4.90 Å². The first-order valence-electron chi connectivity index (χ1n) is 4.11. The Morgan fingerprint density at radius 1 is 1.58 bits per heavy atom. The molecule has 4 heteroatoms. The van der Waals surface area contributed by atoms with Crippen molar-refractivity contribution in [3.8, 4) is 0 Å². The molecule has 0 aromatic carbocycles. The van der Waals surface area contributed by atoms with E-state index in [0.717, 1.165) is 25.9 Å². The molecule has 0 N–H and O–H groups in total. The van der Waals surface area contributed by atoms with Crippen molar-refractivity contribution in [1.82, 2.24) is 4.90 Å². The molecule has 1 unspecified atom stereocenters. The molecule has 1 heterocycles. The number of alkyl halides is 2. The molecule has 0 amide bonds. The Bertz CT molecular complexity index is 172. The van der Waals surface area contributed by atoms with E-state index in [0.29, 0.717) is 0 Å². The maximum atomic E-state index is 11.4. The summed E-state index contributed by atoms with van der Waals surface area (Å²) in [5.74, 6) is 0.0219. The van der Waals surface area contributed by atoms with Crippen LogP contribution in [0.25, 0.3) is 0 Å². The van der Waals surface area contributed by atoms with Crippen LogP contribution in [0.2, 0.25) is 0 Å². The Kier molecular flexibility index (Phi) is 3.81. The van der Waals surface area contributed by atoms with Crippen LogP contribution in [0.4, 0.5) is 0 Å². The van der Waals surface area contributed by atoms with Gasteiger partial charge in [-0.2, -0.15) is 0 Å². The highest BCUT2D eigenvalue weighted by atomic mass is 35.5. The summed E-state index contributed by atoms with van der Waals surface area (Å²) in [6, 6.07) is 0. The molecule has 1 fully saturated rings. The first-order valence-corrected chi connectivity index (χ1v) is 4.99. The van der Waals surface area contributed by atoms with E-state index in [1.165, 1.54) is 0 Å². The van der Waals surface area contributed by atoms with E-state index < -0.39 is 4.84 Å². The van der Waals surface area contributed by atoms with Gasteiger partial charge in [0.25, 0.3) is 0 Å². The highest BCUT2D eigenvalue weighted by molar-refractivity contribution is 6.53. The summed E-state index contributed by atoms with van der Waals surface area (Å²) in [5, 5.41) is 0. The summed E-state index contributed by atoms with van der Waals surface area (Å²) in [5.41, 5.74) is 0. The number of nitrogens with zero attached hydrogens (tertiary/aromatic N) is 1. The summed E-state index contributed by atoms with van der Waals surface area (Å²) in [6.07, 6.45) is 1.99. The van der Waals surface area contributed by atoms with Gasteiger partial charge in [0, 0.05) is 12.5 Å². The lowest BCUT2D eigenvalue weighted by atomic mass is 9.95. The normalized spacial score (nSPS) is 26.2. The van der Waals surface area contributed by atoms with E-state index in [9.17, 15) is 4.79 Å². The summed E-state index contributed by atoms with van der Waals surface area (Å²) in [7, 11) is 2.01. The summed E-state index contributed by atoms with van der Waals surface area (Å²) in [6.45, 7) is 1.87. The van der Waals surface area contributed by atoms with Gasteiger partial charge in [-0.15, -0.1) is 0 Å². The number of carbonyl (C=O) groups excluding carboxylic acids is 1. The number of carbonyl (C=O) groups is 1. The third-order valence-corrected chi connectivity index (χ3v) is 2.67. The first kappa shape index (κ1) is 10.3. The van der Waals surface area contributed by atoms with Crippen molar-refractivity contribution in [2.45, 2.75) is 17.7 Å². The number of Topliss-reactive ketones (excluding diaryl/α,β-unsaturated/α-hetero) is 1. The minimum Gasteiger partial charge on any atom is -0.306 e. The van der Waals surface area contributed by atoms with Crippen molar-refractivity contribution in [2.75, 3.05) is 20.1 Å². The number of piperidine rings is 1. The average molecular weight is 210 g/mol. The second-order valence-corrected chi connectivity index (χ2v) is 4.40. The first-order chi connectivity index (χ1) is 5.61. The highest BCUT2D eigenvalue weighted by Gasteiger charge is 2.27. The van der Waals surface area contributed by atoms with Crippen LogP contribution >= 0.6 is 23.2 Å². The topological polar surface area (TPSA) is 20.3 Å². The number of hydrogen-bond acceptors (Lipinski definition) is 2. The van der Waals surface area contributed by atoms with Gasteiger partial charge in [0.05, 0.1) is 0 Å². The molecule has 1 rings (SSSR count). The second kappa shape index (κ2) is 4.45. The fraction of sp³-hybridized carbons (Fsp3) is 0.875. The van der Waals surface area contributed by atoms with E-state index in [4.69, 9.17) is 23.2 Å². The fourth-order valence-corrected chi connectivity index (χ4v) is 1.93. The molecule has 1 atom stereocenters. The largest absolute Gasteiger partial charge is 0.306 e. The van der Waals surface area contributed by atoms with Crippen LogP contribution in [0.5, 0.6) is 0 Å². The van der Waals surface area contributed by atoms with Crippen LogP contribution in [0.1, 0.15) is 12.8 Å². The maximum Gasteiger partial charge on any atom is 0.170 e. The van der Waals surface area contributed by atoms with E-state index in [1.54, 1.807) is 0 Å². The van der Waals surface area contributed by atoms with E-state index in [1.807, 2.05) is 7.05 Å². The lowest BCUT2D eigenvalue weighted by molar-refractivity contribution is -0.122. The SMILES string of the molecule is CN1CCCC(C(=O)C(Cl)Cl)C1. The second-order valence-electron chi connectivity index (χ2n) is 3.30. The molecule has 1 aliphatic heterocycles. The quantitative estimate of drug-likeness (QED) is 0.646. The third-order valence-electron chi connectivity index (χ3n) is 2.24. The van der Waals surface area contributed by atoms with Crippen LogP contribution in [-0.2, 0) is 4.79 Å². The van der Waals surface area contributed by atoms with Crippen molar-refractivity contribution in [2.24, 2.45) is 5.92 Å². The van der Waals surface area contributed by atoms with Crippen molar-refractivity contribution in [1.29, 1.82) is 0 Å². The van der Waals surface area contributed by atoms with Gasteiger partial charge in [0.2, 0.25) is 0 Å². The molecule has 0 aromatic rings. The van der Waals surface area contributed by atoms with Crippen molar-refractivity contribution < 1.29 is 4.79 Å². The molecule has 2 nitrogen and oxygen atoms in total. The molecule has 0 aliphatic carbocycles. The number of likely N-dealkylation sites (tertiary alicyclic amines) is 1. The molecule has 0 bridgehead atoms. The average Bonchev–Trinajstić information content (AvgIpc) is 2.03. The Hall–Kier alpha value is 0.210. The molecule has 1 aliphatic rings. The van der Waals surface area contributed by atoms with Crippen LogP contribution in [0.15, 0.2) is 0 Å². The van der Waals surface area contributed by atoms with Gasteiger partial charge in [-0.05, 0) is 26.4 Å². The zero-order valence-electron chi connectivity index (χ0n) is 7.09. The van der Waals surface area contributed by atoms with Crippen molar-refractivity contribution in [3.63, 3.8) is 0 Å². The minimum atomic E-state index is -0.846. The maximum absolute atomic E-state index is 11.4. The Morgan fingerprint density at radius 2 is 2.25 bits per heavy atom. The van der Waals surface area contributed by atoms with Gasteiger partial charge >= 0.3 is 0 Å². The minimum absolute atomic E-state index is 0.0233. The molecule has 0 aromatic heterocycles. The van der Waals surface area contributed by atoms with Gasteiger partial charge in [0.1, 0.15) is 0 Å². The lowest BCUT2D eigenvalue weighted by Crippen LogP contribution is -2.37. The highest BCUT2D eigenvalue weighted by Crippen LogP contribution is 2.20. The molecule has 70 valence electrons. The lowest BCUT2D eigenvalue weighted by Gasteiger charge is -2.28. The molecule has 12 heavy (non-hydrogen) atoms. The Morgan fingerprint density at radius 3 is 2.75 bits per heavy atom. The molecular formula is C8H13Cl2NO. The van der Waals surface area contributed by atoms with Crippen LogP contribution < -0.4 is 0 Å². The van der Waals surface area contributed by atoms with Crippen LogP contribution in [0, 0.1) is 5.92 Å². The number of hydrogen-bond donors (Lipinski definition) is 0.